The lowest BCUT2D eigenvalue weighted by atomic mass is 10.0. The maximum absolute atomic E-state index is 13.3. The van der Waals surface area contributed by atoms with Gasteiger partial charge in [-0.1, -0.05) is 29.3 Å². The molecule has 1 amide bonds. The molecule has 1 aliphatic rings. The van der Waals surface area contributed by atoms with Crippen LogP contribution in [0.15, 0.2) is 66.7 Å². The second-order valence-corrected chi connectivity index (χ2v) is 9.59. The van der Waals surface area contributed by atoms with Gasteiger partial charge in [-0.3, -0.25) is 9.69 Å². The van der Waals surface area contributed by atoms with Gasteiger partial charge in [0.25, 0.3) is 5.91 Å². The zero-order chi connectivity index (χ0) is 24.9. The van der Waals surface area contributed by atoms with Crippen molar-refractivity contribution in [3.63, 3.8) is 0 Å². The van der Waals surface area contributed by atoms with Gasteiger partial charge in [-0.25, -0.2) is 4.39 Å². The number of piperazine rings is 1. The van der Waals surface area contributed by atoms with Crippen molar-refractivity contribution in [1.29, 1.82) is 0 Å². The number of amides is 1. The van der Waals surface area contributed by atoms with Crippen molar-refractivity contribution in [1.82, 2.24) is 10.2 Å². The van der Waals surface area contributed by atoms with Crippen LogP contribution in [0.4, 0.5) is 15.8 Å². The average Bonchev–Trinajstić information content (AvgIpc) is 2.84. The molecule has 1 aliphatic heterocycles. The molecule has 0 aromatic heterocycles. The van der Waals surface area contributed by atoms with Gasteiger partial charge in [0.1, 0.15) is 5.82 Å². The summed E-state index contributed by atoms with van der Waals surface area (Å²) in [5.74, 6) is -0.259. The van der Waals surface area contributed by atoms with E-state index in [1.54, 1.807) is 0 Å². The average molecular weight is 475 g/mol. The van der Waals surface area contributed by atoms with Gasteiger partial charge in [-0.2, -0.15) is 0 Å². The van der Waals surface area contributed by atoms with Gasteiger partial charge in [0, 0.05) is 63.8 Å². The molecule has 1 saturated heterocycles. The summed E-state index contributed by atoms with van der Waals surface area (Å²) >= 11 is 0. The Kier molecular flexibility index (Phi) is 7.71. The van der Waals surface area contributed by atoms with E-state index in [1.807, 2.05) is 52.2 Å². The third-order valence-electron chi connectivity index (χ3n) is 6.68. The van der Waals surface area contributed by atoms with Gasteiger partial charge in [-0.15, -0.1) is 0 Å². The molecule has 4 rings (SSSR count). The van der Waals surface area contributed by atoms with E-state index < -0.39 is 0 Å². The number of carbonyl (C=O) groups excluding carboxylic acids is 1. The fourth-order valence-electron chi connectivity index (χ4n) is 4.79. The number of hydrogen-bond acceptors (Lipinski definition) is 4. The second-order valence-electron chi connectivity index (χ2n) is 9.59. The SMILES string of the molecule is Cc1cc(C)cc(C(=O)NC[C@H](c2ccc(N(C)C)cc2)N2CCN(c3ccc(F)cc3)CC2)c1. The summed E-state index contributed by atoms with van der Waals surface area (Å²) < 4.78 is 13.3. The van der Waals surface area contributed by atoms with Gasteiger partial charge in [0.05, 0.1) is 6.04 Å². The van der Waals surface area contributed by atoms with E-state index in [2.05, 4.69) is 50.3 Å². The van der Waals surface area contributed by atoms with Crippen LogP contribution in [0.5, 0.6) is 0 Å². The van der Waals surface area contributed by atoms with E-state index >= 15 is 0 Å². The minimum Gasteiger partial charge on any atom is -0.378 e. The van der Waals surface area contributed by atoms with E-state index in [9.17, 15) is 9.18 Å². The molecular formula is C29H35FN4O. The van der Waals surface area contributed by atoms with Crippen LogP contribution < -0.4 is 15.1 Å². The van der Waals surface area contributed by atoms with Crippen LogP contribution >= 0.6 is 0 Å². The molecule has 184 valence electrons. The lowest BCUT2D eigenvalue weighted by Gasteiger charge is -2.40. The Labute approximate surface area is 208 Å². The number of hydrogen-bond donors (Lipinski definition) is 1. The number of aryl methyl sites for hydroxylation is 2. The van der Waals surface area contributed by atoms with E-state index in [0.29, 0.717) is 12.1 Å². The molecular weight excluding hydrogens is 439 g/mol. The van der Waals surface area contributed by atoms with Crippen molar-refractivity contribution < 1.29 is 9.18 Å². The first-order valence-corrected chi connectivity index (χ1v) is 12.2. The predicted octanol–water partition coefficient (Wildman–Crippen LogP) is 4.80. The molecule has 3 aromatic rings. The third-order valence-corrected chi connectivity index (χ3v) is 6.68. The normalized spacial score (nSPS) is 15.1. The van der Waals surface area contributed by atoms with Crippen LogP contribution in [0.1, 0.15) is 33.1 Å². The van der Waals surface area contributed by atoms with Crippen molar-refractivity contribution in [3.05, 3.63) is 94.8 Å². The quantitative estimate of drug-likeness (QED) is 0.534. The Hall–Kier alpha value is -3.38. The molecule has 1 fully saturated rings. The highest BCUT2D eigenvalue weighted by molar-refractivity contribution is 5.94. The summed E-state index contributed by atoms with van der Waals surface area (Å²) in [5, 5.41) is 3.19. The Morgan fingerprint density at radius 3 is 2.09 bits per heavy atom. The van der Waals surface area contributed by atoms with Gasteiger partial charge in [0.15, 0.2) is 0 Å². The molecule has 1 atom stereocenters. The maximum atomic E-state index is 13.3. The molecule has 3 aromatic carbocycles. The summed E-state index contributed by atoms with van der Waals surface area (Å²) in [6.07, 6.45) is 0. The van der Waals surface area contributed by atoms with Crippen LogP contribution in [0.25, 0.3) is 0 Å². The van der Waals surface area contributed by atoms with Crippen LogP contribution in [-0.4, -0.2) is 57.6 Å². The van der Waals surface area contributed by atoms with Gasteiger partial charge in [0.2, 0.25) is 0 Å². The lowest BCUT2D eigenvalue weighted by Crippen LogP contribution is -2.50. The minimum atomic E-state index is -0.215. The summed E-state index contributed by atoms with van der Waals surface area (Å²) in [5.41, 5.74) is 6.25. The monoisotopic (exact) mass is 474 g/mol. The van der Waals surface area contributed by atoms with Crippen LogP contribution in [0, 0.1) is 19.7 Å². The topological polar surface area (TPSA) is 38.8 Å². The van der Waals surface area contributed by atoms with Crippen molar-refractivity contribution in [3.8, 4) is 0 Å². The predicted molar refractivity (Wildman–Crippen MR) is 142 cm³/mol. The number of anilines is 2. The summed E-state index contributed by atoms with van der Waals surface area (Å²) in [6, 6.07) is 21.3. The van der Waals surface area contributed by atoms with Gasteiger partial charge in [-0.05, 0) is 67.9 Å². The number of nitrogens with one attached hydrogen (secondary N) is 1. The largest absolute Gasteiger partial charge is 0.378 e. The Morgan fingerprint density at radius 1 is 0.914 bits per heavy atom. The zero-order valence-corrected chi connectivity index (χ0v) is 21.1. The number of benzene rings is 3. The Bertz CT molecular complexity index is 1120. The minimum absolute atomic E-state index is 0.0448. The van der Waals surface area contributed by atoms with E-state index in [4.69, 9.17) is 0 Å². The smallest absolute Gasteiger partial charge is 0.251 e. The Balaban J connectivity index is 1.49. The summed E-state index contributed by atoms with van der Waals surface area (Å²) in [4.78, 5) is 19.8. The van der Waals surface area contributed by atoms with E-state index in [-0.39, 0.29) is 17.8 Å². The van der Waals surface area contributed by atoms with Crippen LogP contribution in [-0.2, 0) is 0 Å². The summed E-state index contributed by atoms with van der Waals surface area (Å²) in [7, 11) is 4.07. The highest BCUT2D eigenvalue weighted by Gasteiger charge is 2.26. The number of nitrogens with zero attached hydrogens (tertiary/aromatic N) is 3. The van der Waals surface area contributed by atoms with Crippen molar-refractivity contribution in [2.75, 3.05) is 56.6 Å². The van der Waals surface area contributed by atoms with E-state index in [1.165, 1.54) is 17.7 Å². The first-order chi connectivity index (χ1) is 16.8. The Morgan fingerprint density at radius 2 is 1.51 bits per heavy atom. The van der Waals surface area contributed by atoms with Gasteiger partial charge < -0.3 is 15.1 Å². The van der Waals surface area contributed by atoms with Crippen molar-refractivity contribution in [2.45, 2.75) is 19.9 Å². The lowest BCUT2D eigenvalue weighted by molar-refractivity contribution is 0.0930. The van der Waals surface area contributed by atoms with E-state index in [0.717, 1.165) is 48.7 Å². The molecule has 1 N–H and O–H groups in total. The van der Waals surface area contributed by atoms with Crippen LogP contribution in [0.2, 0.25) is 0 Å². The fraction of sp³-hybridized carbons (Fsp3) is 0.345. The zero-order valence-electron chi connectivity index (χ0n) is 21.1. The molecule has 5 nitrogen and oxygen atoms in total. The third kappa shape index (κ3) is 6.20. The molecule has 0 radical (unpaired) electrons. The standard InChI is InChI=1S/C29H35FN4O/c1-21-17-22(2)19-24(18-21)29(35)31-20-28(23-5-9-26(10-6-23)32(3)4)34-15-13-33(14-16-34)27-11-7-25(30)8-12-27/h5-12,17-19,28H,13-16,20H2,1-4H3,(H,31,35)/t28-/m1/s1. The first-order valence-electron chi connectivity index (χ1n) is 12.2. The van der Waals surface area contributed by atoms with Gasteiger partial charge >= 0.3 is 0 Å². The maximum Gasteiger partial charge on any atom is 0.251 e. The number of rotatable bonds is 7. The molecule has 0 spiro atoms. The second kappa shape index (κ2) is 10.9. The van der Waals surface area contributed by atoms with Crippen molar-refractivity contribution >= 4 is 17.3 Å². The number of carbonyl (C=O) groups is 1. The fourth-order valence-corrected chi connectivity index (χ4v) is 4.79. The molecule has 0 bridgehead atoms. The molecule has 0 aliphatic carbocycles. The molecule has 6 heteroatoms. The molecule has 0 saturated carbocycles. The molecule has 0 unspecified atom stereocenters. The highest BCUT2D eigenvalue weighted by Crippen LogP contribution is 2.26. The summed E-state index contributed by atoms with van der Waals surface area (Å²) in [6.45, 7) is 7.97. The van der Waals surface area contributed by atoms with Crippen LogP contribution in [0.3, 0.4) is 0 Å². The highest BCUT2D eigenvalue weighted by atomic mass is 19.1. The first kappa shape index (κ1) is 24.7. The molecule has 1 heterocycles. The van der Waals surface area contributed by atoms with Crippen molar-refractivity contribution in [2.24, 2.45) is 0 Å². The molecule has 35 heavy (non-hydrogen) atoms. The number of halogens is 1.